The highest BCUT2D eigenvalue weighted by atomic mass is 35.5. The number of benzene rings is 1. The molecule has 0 spiro atoms. The van der Waals surface area contributed by atoms with Crippen molar-refractivity contribution in [3.05, 3.63) is 59.2 Å². The molecule has 8 heteroatoms. The third-order valence-electron chi connectivity index (χ3n) is 3.65. The standard InChI is InChI=1S/C14H10ClN3O.CH2O3/c15-9-3-1-4-11-13(9)14(19)17-6-2-5-10(17)12-7-16-8-18(11)12;2-1(3)4/h1-5,7-8,10H,6H2;(H2,2,3,4)/t10-;/m1./s1. The van der Waals surface area contributed by atoms with Crippen LogP contribution in [0.15, 0.2) is 42.9 Å². The number of hydrogen-bond acceptors (Lipinski definition) is 3. The first-order valence-electron chi connectivity index (χ1n) is 6.71. The molecule has 7 nitrogen and oxygen atoms in total. The van der Waals surface area contributed by atoms with Crippen molar-refractivity contribution in [2.45, 2.75) is 6.04 Å². The summed E-state index contributed by atoms with van der Waals surface area (Å²) in [4.78, 5) is 27.2. The number of fused-ring (bicyclic) bond motifs is 5. The largest absolute Gasteiger partial charge is 0.503 e. The molecule has 0 saturated carbocycles. The van der Waals surface area contributed by atoms with Crippen molar-refractivity contribution in [3.8, 4) is 5.69 Å². The van der Waals surface area contributed by atoms with E-state index in [1.165, 1.54) is 0 Å². The summed E-state index contributed by atoms with van der Waals surface area (Å²) in [7, 11) is 0. The highest BCUT2D eigenvalue weighted by Gasteiger charge is 2.35. The van der Waals surface area contributed by atoms with Crippen LogP contribution in [-0.2, 0) is 0 Å². The lowest BCUT2D eigenvalue weighted by atomic mass is 10.1. The molecule has 23 heavy (non-hydrogen) atoms. The molecule has 118 valence electrons. The Morgan fingerprint density at radius 2 is 2.09 bits per heavy atom. The van der Waals surface area contributed by atoms with Crippen molar-refractivity contribution < 1.29 is 19.8 Å². The topological polar surface area (TPSA) is 95.7 Å². The van der Waals surface area contributed by atoms with E-state index < -0.39 is 6.16 Å². The third-order valence-corrected chi connectivity index (χ3v) is 3.97. The molecule has 1 aromatic heterocycles. The van der Waals surface area contributed by atoms with Crippen LogP contribution in [-0.4, -0.2) is 43.3 Å². The van der Waals surface area contributed by atoms with E-state index in [0.717, 1.165) is 11.4 Å². The second-order valence-electron chi connectivity index (χ2n) is 4.94. The predicted octanol–water partition coefficient (Wildman–Crippen LogP) is 2.81. The van der Waals surface area contributed by atoms with Crippen molar-refractivity contribution in [3.63, 3.8) is 0 Å². The highest BCUT2D eigenvalue weighted by Crippen LogP contribution is 2.36. The number of carbonyl (C=O) groups is 2. The van der Waals surface area contributed by atoms with Crippen molar-refractivity contribution in [2.24, 2.45) is 0 Å². The van der Waals surface area contributed by atoms with Crippen LogP contribution in [0.2, 0.25) is 5.02 Å². The molecule has 1 atom stereocenters. The molecule has 0 bridgehead atoms. The van der Waals surface area contributed by atoms with Gasteiger partial charge in [0.15, 0.2) is 0 Å². The van der Waals surface area contributed by atoms with Gasteiger partial charge in [-0.15, -0.1) is 0 Å². The first-order chi connectivity index (χ1) is 11.0. The molecule has 0 fully saturated rings. The molecule has 1 amide bonds. The number of amides is 1. The van der Waals surface area contributed by atoms with Gasteiger partial charge in [0.2, 0.25) is 0 Å². The zero-order valence-electron chi connectivity index (χ0n) is 11.8. The maximum atomic E-state index is 12.7. The Hall–Kier alpha value is -2.80. The predicted molar refractivity (Wildman–Crippen MR) is 82.1 cm³/mol. The van der Waals surface area contributed by atoms with Crippen molar-refractivity contribution in [1.82, 2.24) is 14.5 Å². The number of imidazole rings is 1. The Morgan fingerprint density at radius 3 is 2.83 bits per heavy atom. The van der Waals surface area contributed by atoms with Crippen LogP contribution >= 0.6 is 11.6 Å². The van der Waals surface area contributed by atoms with E-state index in [1.807, 2.05) is 33.8 Å². The molecule has 1 aromatic carbocycles. The monoisotopic (exact) mass is 333 g/mol. The van der Waals surface area contributed by atoms with Gasteiger partial charge in [-0.2, -0.15) is 0 Å². The molecule has 0 saturated heterocycles. The summed E-state index contributed by atoms with van der Waals surface area (Å²) in [6, 6.07) is 5.44. The molecule has 0 radical (unpaired) electrons. The minimum absolute atomic E-state index is 0.0284. The lowest BCUT2D eigenvalue weighted by Gasteiger charge is -2.21. The summed E-state index contributed by atoms with van der Waals surface area (Å²) in [5.74, 6) is -0.0284. The van der Waals surface area contributed by atoms with Gasteiger partial charge in [0.05, 0.1) is 40.5 Å². The number of carboxylic acid groups (broad SMARTS) is 2. The number of halogens is 1. The van der Waals surface area contributed by atoms with Crippen LogP contribution < -0.4 is 0 Å². The lowest BCUT2D eigenvalue weighted by Crippen LogP contribution is -2.30. The second kappa shape index (κ2) is 5.77. The number of carbonyl (C=O) groups excluding carboxylic acids is 1. The molecule has 3 heterocycles. The average Bonchev–Trinajstić information content (AvgIpc) is 3.12. The van der Waals surface area contributed by atoms with Gasteiger partial charge >= 0.3 is 6.16 Å². The molecule has 2 aliphatic rings. The second-order valence-corrected chi connectivity index (χ2v) is 5.34. The molecular weight excluding hydrogens is 322 g/mol. The zero-order valence-corrected chi connectivity index (χ0v) is 12.5. The zero-order chi connectivity index (χ0) is 16.6. The van der Waals surface area contributed by atoms with E-state index in [4.69, 9.17) is 26.6 Å². The Balaban J connectivity index is 0.000000354. The first-order valence-corrected chi connectivity index (χ1v) is 7.09. The quantitative estimate of drug-likeness (QED) is 0.723. The van der Waals surface area contributed by atoms with Gasteiger partial charge in [-0.05, 0) is 12.1 Å². The van der Waals surface area contributed by atoms with Gasteiger partial charge in [-0.25, -0.2) is 9.78 Å². The molecule has 2 N–H and O–H groups in total. The molecule has 0 aliphatic carbocycles. The van der Waals surface area contributed by atoms with Crippen LogP contribution in [0.4, 0.5) is 4.79 Å². The maximum Gasteiger partial charge on any atom is 0.503 e. The van der Waals surface area contributed by atoms with E-state index in [2.05, 4.69) is 4.98 Å². The molecule has 4 rings (SSSR count). The van der Waals surface area contributed by atoms with Gasteiger partial charge in [0.25, 0.3) is 5.91 Å². The number of nitrogens with zero attached hydrogens (tertiary/aromatic N) is 3. The highest BCUT2D eigenvalue weighted by molar-refractivity contribution is 6.34. The summed E-state index contributed by atoms with van der Waals surface area (Å²) in [5, 5.41) is 14.4. The van der Waals surface area contributed by atoms with Crippen LogP contribution in [0.5, 0.6) is 0 Å². The summed E-state index contributed by atoms with van der Waals surface area (Å²) in [5.41, 5.74) is 2.34. The number of hydrogen-bond donors (Lipinski definition) is 2. The SMILES string of the molecule is O=C(O)O.O=C1c2c(Cl)cccc2-n2cncc2[C@H]2C=CCN12. The molecule has 2 aromatic rings. The number of aromatic nitrogens is 2. The number of rotatable bonds is 0. The summed E-state index contributed by atoms with van der Waals surface area (Å²) < 4.78 is 1.94. The lowest BCUT2D eigenvalue weighted by molar-refractivity contribution is 0.0752. The van der Waals surface area contributed by atoms with Gasteiger partial charge in [-0.1, -0.05) is 29.8 Å². The van der Waals surface area contributed by atoms with E-state index in [0.29, 0.717) is 17.1 Å². The van der Waals surface area contributed by atoms with E-state index >= 15 is 0 Å². The molecular formula is C15H12ClN3O4. The average molecular weight is 334 g/mol. The van der Waals surface area contributed by atoms with Crippen molar-refractivity contribution >= 4 is 23.7 Å². The Labute approximate surface area is 136 Å². The summed E-state index contributed by atoms with van der Waals surface area (Å²) in [6.07, 6.45) is 5.73. The minimum Gasteiger partial charge on any atom is -0.450 e. The fourth-order valence-electron chi connectivity index (χ4n) is 2.78. The van der Waals surface area contributed by atoms with E-state index in [-0.39, 0.29) is 11.9 Å². The van der Waals surface area contributed by atoms with E-state index in [9.17, 15) is 4.79 Å². The van der Waals surface area contributed by atoms with Crippen LogP contribution in [0.1, 0.15) is 22.1 Å². The fraction of sp³-hybridized carbons (Fsp3) is 0.133. The Morgan fingerprint density at radius 1 is 1.35 bits per heavy atom. The molecule has 2 aliphatic heterocycles. The first kappa shape index (κ1) is 15.1. The van der Waals surface area contributed by atoms with Crippen molar-refractivity contribution in [2.75, 3.05) is 6.54 Å². The van der Waals surface area contributed by atoms with E-state index in [1.54, 1.807) is 18.6 Å². The fourth-order valence-corrected chi connectivity index (χ4v) is 3.03. The van der Waals surface area contributed by atoms with Gasteiger partial charge in [0, 0.05) is 6.54 Å². The van der Waals surface area contributed by atoms with Gasteiger partial charge in [0.1, 0.15) is 0 Å². The minimum atomic E-state index is -1.83. The maximum absolute atomic E-state index is 12.7. The Kier molecular flexibility index (Phi) is 3.79. The van der Waals surface area contributed by atoms with Gasteiger partial charge in [-0.3, -0.25) is 9.36 Å². The van der Waals surface area contributed by atoms with Crippen LogP contribution in [0.25, 0.3) is 5.69 Å². The third kappa shape index (κ3) is 2.55. The normalized spacial score (nSPS) is 17.5. The summed E-state index contributed by atoms with van der Waals surface area (Å²) >= 11 is 6.23. The van der Waals surface area contributed by atoms with Crippen molar-refractivity contribution in [1.29, 1.82) is 0 Å². The van der Waals surface area contributed by atoms with Crippen LogP contribution in [0.3, 0.4) is 0 Å². The summed E-state index contributed by atoms with van der Waals surface area (Å²) in [6.45, 7) is 0.610. The smallest absolute Gasteiger partial charge is 0.450 e. The Bertz CT molecular complexity index is 811. The molecule has 0 unspecified atom stereocenters. The van der Waals surface area contributed by atoms with Crippen LogP contribution in [0, 0.1) is 0 Å². The van der Waals surface area contributed by atoms with Gasteiger partial charge < -0.3 is 15.1 Å².